The highest BCUT2D eigenvalue weighted by atomic mass is 35.5. The summed E-state index contributed by atoms with van der Waals surface area (Å²) in [5.74, 6) is 0.0619. The first-order valence-electron chi connectivity index (χ1n) is 10.1. The van der Waals surface area contributed by atoms with Crippen molar-refractivity contribution in [1.82, 2.24) is 14.7 Å². The molecule has 1 atom stereocenters. The number of amides is 1. The minimum atomic E-state index is -0.726. The lowest BCUT2D eigenvalue weighted by molar-refractivity contribution is -0.126. The molecule has 2 aromatic rings. The minimum Gasteiger partial charge on any atom is -0.444 e. The van der Waals surface area contributed by atoms with E-state index in [9.17, 15) is 9.59 Å². The monoisotopic (exact) mass is 427 g/mol. The van der Waals surface area contributed by atoms with Crippen molar-refractivity contribution in [2.75, 3.05) is 13.1 Å². The second-order valence-electron chi connectivity index (χ2n) is 9.08. The average molecular weight is 428 g/mol. The molecule has 0 saturated carbocycles. The highest BCUT2D eigenvalue weighted by molar-refractivity contribution is 6.30. The van der Waals surface area contributed by atoms with Crippen molar-refractivity contribution in [3.05, 3.63) is 52.3 Å². The summed E-state index contributed by atoms with van der Waals surface area (Å²) in [5, 5.41) is 5.23. The Morgan fingerprint density at radius 1 is 1.20 bits per heavy atom. The molecule has 1 fully saturated rings. The van der Waals surface area contributed by atoms with Crippen molar-refractivity contribution < 1.29 is 14.3 Å². The number of hydrogen-bond acceptors (Lipinski definition) is 4. The molecule has 0 radical (unpaired) electrons. The van der Waals surface area contributed by atoms with Crippen LogP contribution in [-0.2, 0) is 16.0 Å². The van der Waals surface area contributed by atoms with Crippen LogP contribution in [0, 0.1) is 5.41 Å². The molecule has 0 spiro atoms. The number of fused-ring (bicyclic) bond motifs is 2. The zero-order chi connectivity index (χ0) is 21.7. The number of halogens is 1. The third-order valence-electron chi connectivity index (χ3n) is 5.81. The van der Waals surface area contributed by atoms with Crippen LogP contribution in [0.25, 0.3) is 11.8 Å². The quantitative estimate of drug-likeness (QED) is 0.697. The lowest BCUT2D eigenvalue weighted by atomic mass is 9.66. The van der Waals surface area contributed by atoms with Gasteiger partial charge in [-0.1, -0.05) is 17.2 Å². The smallest absolute Gasteiger partial charge is 0.410 e. The van der Waals surface area contributed by atoms with Gasteiger partial charge in [-0.15, -0.1) is 0 Å². The predicted molar refractivity (Wildman–Crippen MR) is 116 cm³/mol. The Hall–Kier alpha value is -2.60. The van der Waals surface area contributed by atoms with Crippen LogP contribution in [-0.4, -0.2) is 45.2 Å². The summed E-state index contributed by atoms with van der Waals surface area (Å²) in [6.45, 7) is 8.01. The number of carbonyl (C=O) groups is 2. The minimum absolute atomic E-state index is 0.0619. The first-order chi connectivity index (χ1) is 14.1. The molecular weight excluding hydrogens is 402 g/mol. The van der Waals surface area contributed by atoms with Crippen LogP contribution < -0.4 is 0 Å². The van der Waals surface area contributed by atoms with E-state index in [1.165, 1.54) is 0 Å². The Morgan fingerprint density at radius 3 is 2.53 bits per heavy atom. The summed E-state index contributed by atoms with van der Waals surface area (Å²) < 4.78 is 7.43. The van der Waals surface area contributed by atoms with E-state index in [1.807, 2.05) is 55.9 Å². The molecule has 0 unspecified atom stereocenters. The van der Waals surface area contributed by atoms with Crippen LogP contribution in [0.15, 0.2) is 36.0 Å². The van der Waals surface area contributed by atoms with Gasteiger partial charge in [0.1, 0.15) is 11.4 Å². The number of Topliss-reactive ketones (excluding diaryl/α,β-unsaturated/α-hetero) is 1. The number of ketones is 1. The first-order valence-corrected chi connectivity index (χ1v) is 10.5. The Bertz CT molecular complexity index is 1030. The number of likely N-dealkylation sites (tertiary alicyclic amines) is 1. The van der Waals surface area contributed by atoms with E-state index in [4.69, 9.17) is 16.3 Å². The number of ether oxygens (including phenoxy) is 1. The molecule has 2 aliphatic rings. The van der Waals surface area contributed by atoms with Gasteiger partial charge < -0.3 is 9.64 Å². The number of piperidine rings is 1. The van der Waals surface area contributed by atoms with Crippen LogP contribution >= 0.6 is 11.6 Å². The van der Waals surface area contributed by atoms with E-state index in [-0.39, 0.29) is 11.9 Å². The van der Waals surface area contributed by atoms with Gasteiger partial charge in [0, 0.05) is 18.1 Å². The summed E-state index contributed by atoms with van der Waals surface area (Å²) in [4.78, 5) is 27.2. The number of benzene rings is 1. The Labute approximate surface area is 181 Å². The van der Waals surface area contributed by atoms with Crippen molar-refractivity contribution >= 4 is 29.6 Å². The number of carbonyl (C=O) groups excluding carboxylic acids is 2. The third kappa shape index (κ3) is 3.65. The Kier molecular flexibility index (Phi) is 5.01. The molecule has 1 aromatic carbocycles. The van der Waals surface area contributed by atoms with Crippen LogP contribution in [0.3, 0.4) is 0 Å². The second kappa shape index (κ2) is 7.27. The number of hydrogen-bond donors (Lipinski definition) is 0. The predicted octanol–water partition coefficient (Wildman–Crippen LogP) is 4.68. The van der Waals surface area contributed by atoms with E-state index >= 15 is 0 Å². The van der Waals surface area contributed by atoms with Gasteiger partial charge in [0.05, 0.1) is 23.0 Å². The largest absolute Gasteiger partial charge is 0.444 e. The van der Waals surface area contributed by atoms with Crippen molar-refractivity contribution in [3.63, 3.8) is 0 Å². The van der Waals surface area contributed by atoms with Gasteiger partial charge in [-0.25, -0.2) is 9.48 Å². The van der Waals surface area contributed by atoms with E-state index in [0.29, 0.717) is 31.0 Å². The van der Waals surface area contributed by atoms with Gasteiger partial charge in [-0.2, -0.15) is 5.10 Å². The van der Waals surface area contributed by atoms with E-state index in [0.717, 1.165) is 22.5 Å². The van der Waals surface area contributed by atoms with Gasteiger partial charge in [0.2, 0.25) is 0 Å². The lowest BCUT2D eigenvalue weighted by Crippen LogP contribution is -2.53. The zero-order valence-electron chi connectivity index (χ0n) is 17.7. The molecule has 2 heterocycles. The number of rotatable bonds is 2. The summed E-state index contributed by atoms with van der Waals surface area (Å²) in [6, 6.07) is 7.51. The third-order valence-corrected chi connectivity index (χ3v) is 6.06. The molecule has 0 bridgehead atoms. The molecule has 1 amide bonds. The van der Waals surface area contributed by atoms with Crippen molar-refractivity contribution in [2.24, 2.45) is 5.41 Å². The molecule has 158 valence electrons. The first kappa shape index (κ1) is 20.7. The SMILES string of the molecule is CC(=O)[C@]12Cc3cnn(-c4ccc(Cl)cc4)c3C=C1CCN(C(=O)OC(C)(C)C)C2. The normalized spacial score (nSPS) is 20.8. The van der Waals surface area contributed by atoms with Crippen molar-refractivity contribution in [3.8, 4) is 5.69 Å². The number of aromatic nitrogens is 2. The molecule has 1 saturated heterocycles. The van der Waals surface area contributed by atoms with Gasteiger partial charge in [-0.3, -0.25) is 4.79 Å². The van der Waals surface area contributed by atoms with Crippen LogP contribution in [0.5, 0.6) is 0 Å². The van der Waals surface area contributed by atoms with E-state index < -0.39 is 11.0 Å². The Balaban J connectivity index is 1.68. The standard InChI is InChI=1S/C23H26ClN3O3/c1-15(28)23-12-16-13-25-27(19-7-5-18(24)6-8-19)20(16)11-17(23)9-10-26(14-23)21(29)30-22(2,3)4/h5-8,11,13H,9-10,12,14H2,1-4H3/t23-/m1/s1. The van der Waals surface area contributed by atoms with Gasteiger partial charge in [-0.05, 0) is 76.4 Å². The fraction of sp³-hybridized carbons (Fsp3) is 0.435. The second-order valence-corrected chi connectivity index (χ2v) is 9.52. The molecular formula is C23H26ClN3O3. The molecule has 1 aliphatic heterocycles. The lowest BCUT2D eigenvalue weighted by Gasteiger charge is -2.45. The molecule has 4 rings (SSSR count). The summed E-state index contributed by atoms with van der Waals surface area (Å²) in [7, 11) is 0. The molecule has 7 heteroatoms. The fourth-order valence-corrected chi connectivity index (χ4v) is 4.41. The highest BCUT2D eigenvalue weighted by Crippen LogP contribution is 2.45. The van der Waals surface area contributed by atoms with Crippen LogP contribution in [0.4, 0.5) is 4.79 Å². The molecule has 6 nitrogen and oxygen atoms in total. The van der Waals surface area contributed by atoms with E-state index in [1.54, 1.807) is 11.8 Å². The van der Waals surface area contributed by atoms with Crippen molar-refractivity contribution in [2.45, 2.75) is 46.1 Å². The van der Waals surface area contributed by atoms with Gasteiger partial charge >= 0.3 is 6.09 Å². The summed E-state index contributed by atoms with van der Waals surface area (Å²) >= 11 is 6.02. The Morgan fingerprint density at radius 2 is 1.90 bits per heavy atom. The van der Waals surface area contributed by atoms with Gasteiger partial charge in [0.15, 0.2) is 0 Å². The molecule has 1 aliphatic carbocycles. The van der Waals surface area contributed by atoms with Crippen LogP contribution in [0.1, 0.15) is 45.4 Å². The maximum absolute atomic E-state index is 12.9. The summed E-state index contributed by atoms with van der Waals surface area (Å²) in [5.41, 5.74) is 2.65. The zero-order valence-corrected chi connectivity index (χ0v) is 18.5. The topological polar surface area (TPSA) is 64.4 Å². The summed E-state index contributed by atoms with van der Waals surface area (Å²) in [6.07, 6.45) is 4.67. The maximum atomic E-state index is 12.9. The van der Waals surface area contributed by atoms with E-state index in [2.05, 4.69) is 11.2 Å². The number of nitrogens with zero attached hydrogens (tertiary/aromatic N) is 3. The maximum Gasteiger partial charge on any atom is 0.410 e. The highest BCUT2D eigenvalue weighted by Gasteiger charge is 2.48. The van der Waals surface area contributed by atoms with Gasteiger partial charge in [0.25, 0.3) is 0 Å². The molecule has 30 heavy (non-hydrogen) atoms. The fourth-order valence-electron chi connectivity index (χ4n) is 4.29. The van der Waals surface area contributed by atoms with Crippen LogP contribution in [0.2, 0.25) is 5.02 Å². The molecule has 0 N–H and O–H groups in total. The molecule has 1 aromatic heterocycles. The van der Waals surface area contributed by atoms with Crippen molar-refractivity contribution in [1.29, 1.82) is 0 Å². The average Bonchev–Trinajstić information content (AvgIpc) is 3.07.